The van der Waals surface area contributed by atoms with E-state index in [2.05, 4.69) is 0 Å². The van der Waals surface area contributed by atoms with Crippen LogP contribution in [0.3, 0.4) is 0 Å². The molecule has 0 fully saturated rings. The third-order valence-corrected chi connectivity index (χ3v) is 2.31. The first kappa shape index (κ1) is 12.8. The Morgan fingerprint density at radius 2 is 1.14 bits per heavy atom. The molecule has 0 aromatic rings. The van der Waals surface area contributed by atoms with Gasteiger partial charge < -0.3 is 0 Å². The molecule has 0 saturated carbocycles. The van der Waals surface area contributed by atoms with Gasteiger partial charge in [0.15, 0.2) is 11.6 Å². The molecule has 0 saturated heterocycles. The number of allylic oxidation sites excluding steroid dienone is 4. The molecule has 0 radical (unpaired) electrons. The van der Waals surface area contributed by atoms with Gasteiger partial charge in [0.2, 0.25) is 0 Å². The summed E-state index contributed by atoms with van der Waals surface area (Å²) in [5.74, 6) is -0.458. The van der Waals surface area contributed by atoms with Crippen molar-refractivity contribution in [2.75, 3.05) is 0 Å². The van der Waals surface area contributed by atoms with Crippen molar-refractivity contribution in [3.05, 3.63) is 24.3 Å². The maximum Gasteiger partial charge on any atom is 0.158 e. The molecule has 0 aromatic carbocycles. The predicted octanol–water partition coefficient (Wildman–Crippen LogP) is 2.55. The topological polar surface area (TPSA) is 34.1 Å². The molecule has 2 nitrogen and oxygen atoms in total. The molecule has 0 aliphatic carbocycles. The van der Waals surface area contributed by atoms with Gasteiger partial charge in [-0.15, -0.1) is 0 Å². The van der Waals surface area contributed by atoms with E-state index in [1.807, 2.05) is 0 Å². The summed E-state index contributed by atoms with van der Waals surface area (Å²) in [6, 6.07) is 0. The van der Waals surface area contributed by atoms with E-state index in [1.54, 1.807) is 39.8 Å². The molecule has 2 heteroatoms. The predicted molar refractivity (Wildman–Crippen MR) is 58.0 cm³/mol. The monoisotopic (exact) mass is 194 g/mol. The number of hydrogen-bond acceptors (Lipinski definition) is 2. The summed E-state index contributed by atoms with van der Waals surface area (Å²) >= 11 is 0. The maximum atomic E-state index is 11.4. The van der Waals surface area contributed by atoms with Gasteiger partial charge in [-0.1, -0.05) is 26.0 Å². The standard InChI is InChI=1S/C12H18O2/c1-5-7-11(13)9(3)10(4)12(14)8-6-2/h5-10H,1-4H3. The number of rotatable bonds is 5. The third kappa shape index (κ3) is 3.69. The lowest BCUT2D eigenvalue weighted by molar-refractivity contribution is -0.126. The van der Waals surface area contributed by atoms with Gasteiger partial charge in [0.1, 0.15) is 0 Å². The van der Waals surface area contributed by atoms with Gasteiger partial charge in [-0.25, -0.2) is 0 Å². The minimum Gasteiger partial charge on any atom is -0.295 e. The van der Waals surface area contributed by atoms with Crippen molar-refractivity contribution in [3.63, 3.8) is 0 Å². The second-order valence-electron chi connectivity index (χ2n) is 3.38. The first-order chi connectivity index (χ1) is 6.54. The molecule has 0 spiro atoms. The highest BCUT2D eigenvalue weighted by Crippen LogP contribution is 2.14. The Morgan fingerprint density at radius 1 is 0.857 bits per heavy atom. The molecule has 0 heterocycles. The van der Waals surface area contributed by atoms with Crippen molar-refractivity contribution >= 4 is 11.6 Å². The van der Waals surface area contributed by atoms with Gasteiger partial charge >= 0.3 is 0 Å². The van der Waals surface area contributed by atoms with Gasteiger partial charge in [-0.3, -0.25) is 9.59 Å². The van der Waals surface area contributed by atoms with Crippen LogP contribution in [0.1, 0.15) is 27.7 Å². The number of carbonyl (C=O) groups excluding carboxylic acids is 2. The van der Waals surface area contributed by atoms with E-state index >= 15 is 0 Å². The fraction of sp³-hybridized carbons (Fsp3) is 0.500. The van der Waals surface area contributed by atoms with Gasteiger partial charge in [-0.05, 0) is 26.0 Å². The first-order valence-corrected chi connectivity index (χ1v) is 4.87. The molecule has 0 aliphatic rings. The Labute approximate surface area is 85.7 Å². The highest BCUT2D eigenvalue weighted by molar-refractivity contribution is 5.98. The molecule has 2 atom stereocenters. The van der Waals surface area contributed by atoms with E-state index in [0.29, 0.717) is 0 Å². The van der Waals surface area contributed by atoms with E-state index in [4.69, 9.17) is 0 Å². The van der Waals surface area contributed by atoms with Crippen LogP contribution in [0.4, 0.5) is 0 Å². The van der Waals surface area contributed by atoms with Crippen LogP contribution in [-0.4, -0.2) is 11.6 Å². The van der Waals surface area contributed by atoms with Gasteiger partial charge in [0.25, 0.3) is 0 Å². The lowest BCUT2D eigenvalue weighted by atomic mass is 9.88. The Kier molecular flexibility index (Phi) is 5.77. The zero-order chi connectivity index (χ0) is 11.1. The Bertz CT molecular complexity index is 233. The molecule has 0 bridgehead atoms. The minimum absolute atomic E-state index is 0.0119. The van der Waals surface area contributed by atoms with E-state index in [0.717, 1.165) is 0 Å². The third-order valence-electron chi connectivity index (χ3n) is 2.31. The summed E-state index contributed by atoms with van der Waals surface area (Å²) in [6.07, 6.45) is 6.44. The molecule has 0 amide bonds. The maximum absolute atomic E-state index is 11.4. The summed E-state index contributed by atoms with van der Waals surface area (Å²) in [7, 11) is 0. The average Bonchev–Trinajstić information content (AvgIpc) is 2.16. The van der Waals surface area contributed by atoms with E-state index in [-0.39, 0.29) is 23.4 Å². The van der Waals surface area contributed by atoms with Crippen molar-refractivity contribution in [2.45, 2.75) is 27.7 Å². The quantitative estimate of drug-likeness (QED) is 0.630. The molecular weight excluding hydrogens is 176 g/mol. The van der Waals surface area contributed by atoms with E-state index in [9.17, 15) is 9.59 Å². The minimum atomic E-state index is -0.241. The van der Waals surface area contributed by atoms with Crippen LogP contribution >= 0.6 is 0 Å². The first-order valence-electron chi connectivity index (χ1n) is 4.87. The molecular formula is C12H18O2. The summed E-state index contributed by atoms with van der Waals surface area (Å²) in [4.78, 5) is 22.9. The number of carbonyl (C=O) groups is 2. The van der Waals surface area contributed by atoms with Crippen molar-refractivity contribution in [2.24, 2.45) is 11.8 Å². The largest absolute Gasteiger partial charge is 0.295 e. The van der Waals surface area contributed by atoms with Crippen LogP contribution < -0.4 is 0 Å². The van der Waals surface area contributed by atoms with Crippen LogP contribution in [0.15, 0.2) is 24.3 Å². The van der Waals surface area contributed by atoms with E-state index in [1.165, 1.54) is 12.2 Å². The van der Waals surface area contributed by atoms with Crippen LogP contribution in [-0.2, 0) is 9.59 Å². The van der Waals surface area contributed by atoms with Crippen molar-refractivity contribution < 1.29 is 9.59 Å². The zero-order valence-corrected chi connectivity index (χ0v) is 9.28. The van der Waals surface area contributed by atoms with Crippen LogP contribution in [0, 0.1) is 11.8 Å². The fourth-order valence-electron chi connectivity index (χ4n) is 1.12. The lowest BCUT2D eigenvalue weighted by Gasteiger charge is -2.13. The second kappa shape index (κ2) is 6.30. The molecule has 0 rings (SSSR count). The van der Waals surface area contributed by atoms with E-state index < -0.39 is 0 Å². The van der Waals surface area contributed by atoms with Crippen molar-refractivity contribution in [1.29, 1.82) is 0 Å². The second-order valence-corrected chi connectivity index (χ2v) is 3.38. The zero-order valence-electron chi connectivity index (χ0n) is 9.28. The number of hydrogen-bond donors (Lipinski definition) is 0. The van der Waals surface area contributed by atoms with Gasteiger partial charge in [0, 0.05) is 11.8 Å². The normalized spacial score (nSPS) is 16.0. The van der Waals surface area contributed by atoms with Crippen LogP contribution in [0.25, 0.3) is 0 Å². The Morgan fingerprint density at radius 3 is 1.36 bits per heavy atom. The summed E-state index contributed by atoms with van der Waals surface area (Å²) in [5, 5.41) is 0. The lowest BCUT2D eigenvalue weighted by Crippen LogP contribution is -2.23. The van der Waals surface area contributed by atoms with Crippen molar-refractivity contribution in [1.82, 2.24) is 0 Å². The van der Waals surface area contributed by atoms with Crippen molar-refractivity contribution in [3.8, 4) is 0 Å². The highest BCUT2D eigenvalue weighted by Gasteiger charge is 2.22. The smallest absolute Gasteiger partial charge is 0.158 e. The van der Waals surface area contributed by atoms with Crippen LogP contribution in [0.2, 0.25) is 0 Å². The Hall–Kier alpha value is -1.18. The number of ketones is 2. The molecule has 14 heavy (non-hydrogen) atoms. The SMILES string of the molecule is CC=CC(=O)C(C)C(C)C(=O)C=CC. The molecule has 0 aliphatic heterocycles. The Balaban J connectivity index is 4.45. The fourth-order valence-corrected chi connectivity index (χ4v) is 1.12. The molecule has 0 aromatic heterocycles. The average molecular weight is 194 g/mol. The highest BCUT2D eigenvalue weighted by atomic mass is 16.1. The van der Waals surface area contributed by atoms with Gasteiger partial charge in [-0.2, -0.15) is 0 Å². The van der Waals surface area contributed by atoms with Gasteiger partial charge in [0.05, 0.1) is 0 Å². The van der Waals surface area contributed by atoms with Crippen LogP contribution in [0.5, 0.6) is 0 Å². The summed E-state index contributed by atoms with van der Waals surface area (Å²) in [5.41, 5.74) is 0. The molecule has 0 N–H and O–H groups in total. The molecule has 2 unspecified atom stereocenters. The summed E-state index contributed by atoms with van der Waals surface area (Å²) in [6.45, 7) is 7.16. The summed E-state index contributed by atoms with van der Waals surface area (Å²) < 4.78 is 0. The molecule has 78 valence electrons.